The van der Waals surface area contributed by atoms with Gasteiger partial charge in [-0.15, -0.1) is 11.3 Å². The molecule has 2 aromatic rings. The molecule has 0 aliphatic carbocycles. The summed E-state index contributed by atoms with van der Waals surface area (Å²) < 4.78 is 0.726. The fourth-order valence-corrected chi connectivity index (χ4v) is 2.15. The quantitative estimate of drug-likeness (QED) is 0.757. The van der Waals surface area contributed by atoms with Gasteiger partial charge in [0.2, 0.25) is 5.95 Å². The van der Waals surface area contributed by atoms with Gasteiger partial charge >= 0.3 is 5.97 Å². The van der Waals surface area contributed by atoms with Crippen molar-refractivity contribution in [3.05, 3.63) is 17.1 Å². The van der Waals surface area contributed by atoms with Gasteiger partial charge in [0.25, 0.3) is 0 Å². The van der Waals surface area contributed by atoms with E-state index in [1.54, 1.807) is 18.5 Å². The fraction of sp³-hybridized carbons (Fsp3) is 0.300. The second-order valence-electron chi connectivity index (χ2n) is 3.59. The summed E-state index contributed by atoms with van der Waals surface area (Å²) in [6.07, 6.45) is 1.58. The first-order valence-electron chi connectivity index (χ1n) is 4.96. The molecule has 0 fully saturated rings. The Kier molecular flexibility index (Phi) is 3.21. The maximum absolute atomic E-state index is 11.0. The molecule has 2 aromatic heterocycles. The predicted molar refractivity (Wildman–Crippen MR) is 64.5 cm³/mol. The summed E-state index contributed by atoms with van der Waals surface area (Å²) in [6, 6.07) is -0.181. The van der Waals surface area contributed by atoms with E-state index in [0.717, 1.165) is 4.70 Å². The van der Waals surface area contributed by atoms with Crippen molar-refractivity contribution < 1.29 is 15.0 Å². The summed E-state index contributed by atoms with van der Waals surface area (Å²) in [5.74, 6) is -0.684. The molecular formula is C10H11N3O3S. The normalized spacial score (nSPS) is 12.6. The Balaban J connectivity index is 2.41. The minimum absolute atomic E-state index is 0.0448. The number of aliphatic hydroxyl groups excluding tert-OH is 1. The van der Waals surface area contributed by atoms with Gasteiger partial charge in [-0.05, 0) is 6.92 Å². The molecule has 7 heteroatoms. The maximum Gasteiger partial charge on any atom is 0.338 e. The van der Waals surface area contributed by atoms with Crippen LogP contribution in [0.15, 0.2) is 11.6 Å². The van der Waals surface area contributed by atoms with Gasteiger partial charge in [-0.2, -0.15) is 0 Å². The van der Waals surface area contributed by atoms with Crippen molar-refractivity contribution in [1.29, 1.82) is 0 Å². The number of carbonyl (C=O) groups is 1. The lowest BCUT2D eigenvalue weighted by Crippen LogP contribution is -2.20. The third kappa shape index (κ3) is 2.34. The Morgan fingerprint density at radius 3 is 3.06 bits per heavy atom. The number of aromatic nitrogens is 2. The molecule has 3 N–H and O–H groups in total. The van der Waals surface area contributed by atoms with Crippen LogP contribution in [-0.2, 0) is 0 Å². The predicted octanol–water partition coefficient (Wildman–Crippen LogP) is 1.18. The largest absolute Gasteiger partial charge is 0.478 e. The van der Waals surface area contributed by atoms with E-state index in [9.17, 15) is 4.79 Å². The number of hydrogen-bond donors (Lipinski definition) is 3. The van der Waals surface area contributed by atoms with Gasteiger partial charge in [0.05, 0.1) is 23.1 Å². The Hall–Kier alpha value is -1.73. The van der Waals surface area contributed by atoms with Crippen LogP contribution in [0.1, 0.15) is 17.3 Å². The first-order valence-corrected chi connectivity index (χ1v) is 5.84. The van der Waals surface area contributed by atoms with Crippen molar-refractivity contribution >= 4 is 33.5 Å². The van der Waals surface area contributed by atoms with Crippen LogP contribution in [0.25, 0.3) is 10.2 Å². The molecule has 0 spiro atoms. The number of nitrogens with one attached hydrogen (secondary N) is 1. The minimum Gasteiger partial charge on any atom is -0.478 e. The summed E-state index contributed by atoms with van der Waals surface area (Å²) in [5, 5.41) is 22.3. The number of carboxylic acids is 1. The molecule has 0 saturated heterocycles. The second kappa shape index (κ2) is 4.64. The van der Waals surface area contributed by atoms with Crippen LogP contribution in [-0.4, -0.2) is 38.8 Å². The average molecular weight is 253 g/mol. The highest BCUT2D eigenvalue weighted by Gasteiger charge is 2.13. The SMILES string of the molecule is C[C@H](CO)Nc1ncc2scc(C(=O)O)c2n1. The molecule has 0 aliphatic heterocycles. The molecule has 0 saturated carbocycles. The zero-order chi connectivity index (χ0) is 12.4. The van der Waals surface area contributed by atoms with Gasteiger partial charge in [-0.25, -0.2) is 14.8 Å². The Labute approximate surface area is 101 Å². The number of anilines is 1. The van der Waals surface area contributed by atoms with Crippen LogP contribution in [0, 0.1) is 0 Å². The number of thiophene rings is 1. The monoisotopic (exact) mass is 253 g/mol. The van der Waals surface area contributed by atoms with E-state index in [4.69, 9.17) is 10.2 Å². The third-order valence-corrected chi connectivity index (χ3v) is 3.10. The highest BCUT2D eigenvalue weighted by molar-refractivity contribution is 7.17. The Morgan fingerprint density at radius 2 is 2.41 bits per heavy atom. The van der Waals surface area contributed by atoms with E-state index in [1.807, 2.05) is 0 Å². The molecule has 0 unspecified atom stereocenters. The van der Waals surface area contributed by atoms with E-state index in [2.05, 4.69) is 15.3 Å². The van der Waals surface area contributed by atoms with E-state index in [1.165, 1.54) is 11.3 Å². The lowest BCUT2D eigenvalue weighted by atomic mass is 10.3. The lowest BCUT2D eigenvalue weighted by Gasteiger charge is -2.09. The van der Waals surface area contributed by atoms with Crippen LogP contribution < -0.4 is 5.32 Å². The molecule has 2 heterocycles. The van der Waals surface area contributed by atoms with Crippen LogP contribution >= 0.6 is 11.3 Å². The van der Waals surface area contributed by atoms with Crippen LogP contribution in [0.5, 0.6) is 0 Å². The maximum atomic E-state index is 11.0. The highest BCUT2D eigenvalue weighted by atomic mass is 32.1. The van der Waals surface area contributed by atoms with Gasteiger partial charge in [0.15, 0.2) is 0 Å². The summed E-state index contributed by atoms with van der Waals surface area (Å²) in [5.41, 5.74) is 0.595. The fourth-order valence-electron chi connectivity index (χ4n) is 1.32. The van der Waals surface area contributed by atoms with Crippen molar-refractivity contribution in [3.8, 4) is 0 Å². The zero-order valence-electron chi connectivity index (χ0n) is 9.04. The Bertz CT molecular complexity index is 555. The summed E-state index contributed by atoms with van der Waals surface area (Å²) >= 11 is 1.29. The van der Waals surface area contributed by atoms with Crippen molar-refractivity contribution in [3.63, 3.8) is 0 Å². The standard InChI is InChI=1S/C10H11N3O3S/c1-5(3-14)12-10-11-2-7-8(13-10)6(4-17-7)9(15)16/h2,4-5,14H,3H2,1H3,(H,15,16)(H,11,12,13)/t5-/m1/s1. The van der Waals surface area contributed by atoms with Gasteiger partial charge in [-0.1, -0.05) is 0 Å². The number of hydrogen-bond acceptors (Lipinski definition) is 6. The van der Waals surface area contributed by atoms with Crippen molar-refractivity contribution in [1.82, 2.24) is 9.97 Å². The number of nitrogens with zero attached hydrogens (tertiary/aromatic N) is 2. The van der Waals surface area contributed by atoms with E-state index >= 15 is 0 Å². The van der Waals surface area contributed by atoms with Gasteiger partial charge in [0.1, 0.15) is 5.52 Å². The number of aromatic carboxylic acids is 1. The van der Waals surface area contributed by atoms with E-state index in [0.29, 0.717) is 11.5 Å². The lowest BCUT2D eigenvalue weighted by molar-refractivity contribution is 0.0699. The number of carboxylic acid groups (broad SMARTS) is 1. The molecule has 17 heavy (non-hydrogen) atoms. The van der Waals surface area contributed by atoms with Gasteiger partial charge in [-0.3, -0.25) is 0 Å². The zero-order valence-corrected chi connectivity index (χ0v) is 9.86. The molecule has 6 nitrogen and oxygen atoms in total. The first-order chi connectivity index (χ1) is 8.11. The summed E-state index contributed by atoms with van der Waals surface area (Å²) in [7, 11) is 0. The first kappa shape index (κ1) is 11.7. The average Bonchev–Trinajstić information content (AvgIpc) is 2.71. The van der Waals surface area contributed by atoms with Crippen molar-refractivity contribution in [2.24, 2.45) is 0 Å². The molecule has 0 aliphatic rings. The van der Waals surface area contributed by atoms with Crippen molar-refractivity contribution in [2.45, 2.75) is 13.0 Å². The van der Waals surface area contributed by atoms with E-state index < -0.39 is 5.97 Å². The van der Waals surface area contributed by atoms with Crippen LogP contribution in [0.3, 0.4) is 0 Å². The molecule has 0 bridgehead atoms. The molecule has 90 valence electrons. The number of aliphatic hydroxyl groups is 1. The number of fused-ring (bicyclic) bond motifs is 1. The smallest absolute Gasteiger partial charge is 0.338 e. The van der Waals surface area contributed by atoms with Crippen LogP contribution in [0.4, 0.5) is 5.95 Å². The van der Waals surface area contributed by atoms with E-state index in [-0.39, 0.29) is 18.2 Å². The molecule has 0 amide bonds. The van der Waals surface area contributed by atoms with Gasteiger partial charge < -0.3 is 15.5 Å². The molecule has 0 aromatic carbocycles. The summed E-state index contributed by atoms with van der Waals surface area (Å²) in [6.45, 7) is 1.73. The highest BCUT2D eigenvalue weighted by Crippen LogP contribution is 2.24. The van der Waals surface area contributed by atoms with Crippen LogP contribution in [0.2, 0.25) is 0 Å². The van der Waals surface area contributed by atoms with Crippen molar-refractivity contribution in [2.75, 3.05) is 11.9 Å². The second-order valence-corrected chi connectivity index (χ2v) is 4.50. The molecule has 2 rings (SSSR count). The topological polar surface area (TPSA) is 95.3 Å². The Morgan fingerprint density at radius 1 is 1.65 bits per heavy atom. The summed E-state index contributed by atoms with van der Waals surface area (Å²) in [4.78, 5) is 19.1. The molecule has 1 atom stereocenters. The third-order valence-electron chi connectivity index (χ3n) is 2.19. The molecular weight excluding hydrogens is 242 g/mol. The molecule has 0 radical (unpaired) electrons. The number of rotatable bonds is 4. The van der Waals surface area contributed by atoms with Gasteiger partial charge in [0, 0.05) is 11.4 Å². The minimum atomic E-state index is -1.00.